The zero-order chi connectivity index (χ0) is 23.8. The predicted molar refractivity (Wildman–Crippen MR) is 130 cm³/mol. The summed E-state index contributed by atoms with van der Waals surface area (Å²) in [5.41, 5.74) is 3.73. The molecule has 5 rings (SSSR count). The third-order valence-electron chi connectivity index (χ3n) is 7.21. The van der Waals surface area contributed by atoms with Crippen LogP contribution >= 0.6 is 0 Å². The van der Waals surface area contributed by atoms with Gasteiger partial charge in [0.15, 0.2) is 0 Å². The monoisotopic (exact) mass is 459 g/mol. The molecule has 3 fully saturated rings. The minimum absolute atomic E-state index is 0.266. The van der Waals surface area contributed by atoms with Gasteiger partial charge in [-0.05, 0) is 36.8 Å². The lowest BCUT2D eigenvalue weighted by atomic mass is 9.90. The van der Waals surface area contributed by atoms with Crippen molar-refractivity contribution in [2.75, 3.05) is 36.1 Å². The number of imide groups is 1. The first-order chi connectivity index (χ1) is 16.5. The Hall–Kier alpha value is -3.29. The zero-order valence-corrected chi connectivity index (χ0v) is 19.3. The molecule has 7 heteroatoms. The lowest BCUT2D eigenvalue weighted by molar-refractivity contribution is -0.126. The molecule has 34 heavy (non-hydrogen) atoms. The number of ether oxygens (including phenoxy) is 1. The molecule has 2 aromatic carbocycles. The minimum Gasteiger partial charge on any atom is -0.378 e. The first-order valence-corrected chi connectivity index (χ1v) is 11.7. The van der Waals surface area contributed by atoms with Crippen molar-refractivity contribution in [3.63, 3.8) is 0 Å². The smallest absolute Gasteiger partial charge is 0.239 e. The maximum absolute atomic E-state index is 13.6. The normalized spacial score (nSPS) is 27.2. The van der Waals surface area contributed by atoms with Crippen LogP contribution in [-0.2, 0) is 25.7 Å². The van der Waals surface area contributed by atoms with Crippen molar-refractivity contribution in [2.24, 2.45) is 11.8 Å². The number of anilines is 2. The highest BCUT2D eigenvalue weighted by atomic mass is 16.5. The number of aldehydes is 1. The SMILES string of the molecule is C=C[C@H]1[C@@H]2C(=O)N(c3ccc(N4CCOCC4)cc3)C(=O)[C@@H]2[C@@H](C=O)N1Cc1cccc(C)c1. The average Bonchev–Trinajstić information content (AvgIpc) is 3.30. The Labute approximate surface area is 199 Å². The van der Waals surface area contributed by atoms with Crippen molar-refractivity contribution in [1.82, 2.24) is 4.90 Å². The molecule has 3 aliphatic heterocycles. The topological polar surface area (TPSA) is 70.2 Å². The van der Waals surface area contributed by atoms with Gasteiger partial charge in [-0.2, -0.15) is 0 Å². The van der Waals surface area contributed by atoms with E-state index in [9.17, 15) is 14.4 Å². The number of benzene rings is 2. The van der Waals surface area contributed by atoms with Gasteiger partial charge in [-0.15, -0.1) is 6.58 Å². The second kappa shape index (κ2) is 9.16. The molecule has 0 N–H and O–H groups in total. The van der Waals surface area contributed by atoms with Gasteiger partial charge >= 0.3 is 0 Å². The van der Waals surface area contributed by atoms with Crippen LogP contribution in [0.15, 0.2) is 61.2 Å². The van der Waals surface area contributed by atoms with E-state index in [2.05, 4.69) is 17.5 Å². The number of nitrogens with zero attached hydrogens (tertiary/aromatic N) is 3. The van der Waals surface area contributed by atoms with E-state index >= 15 is 0 Å². The molecule has 3 saturated heterocycles. The second-order valence-electron chi connectivity index (χ2n) is 9.19. The number of hydrogen-bond donors (Lipinski definition) is 0. The van der Waals surface area contributed by atoms with E-state index in [1.54, 1.807) is 6.08 Å². The standard InChI is InChI=1S/C27H29N3O4/c1-3-22-24-25(23(17-31)29(22)16-19-6-4-5-18(2)15-19)27(33)30(26(24)32)21-9-7-20(8-10-21)28-11-13-34-14-12-28/h3-10,15,17,22-25H,1,11-14,16H2,2H3/t22-,23+,24-,25+/m0/s1. The molecule has 0 radical (unpaired) electrons. The average molecular weight is 460 g/mol. The van der Waals surface area contributed by atoms with Crippen LogP contribution in [0.3, 0.4) is 0 Å². The maximum Gasteiger partial charge on any atom is 0.239 e. The van der Waals surface area contributed by atoms with Gasteiger partial charge in [0.2, 0.25) is 11.8 Å². The molecular formula is C27H29N3O4. The lowest BCUT2D eigenvalue weighted by Gasteiger charge is -2.30. The van der Waals surface area contributed by atoms with Crippen LogP contribution in [0.5, 0.6) is 0 Å². The maximum atomic E-state index is 13.6. The highest BCUT2D eigenvalue weighted by Gasteiger charge is 2.61. The molecule has 7 nitrogen and oxygen atoms in total. The van der Waals surface area contributed by atoms with Crippen LogP contribution in [0.2, 0.25) is 0 Å². The summed E-state index contributed by atoms with van der Waals surface area (Å²) in [6.45, 7) is 9.42. The van der Waals surface area contributed by atoms with Crippen molar-refractivity contribution in [1.29, 1.82) is 0 Å². The van der Waals surface area contributed by atoms with E-state index in [1.807, 2.05) is 54.3 Å². The Morgan fingerprint density at radius 3 is 2.24 bits per heavy atom. The van der Waals surface area contributed by atoms with Crippen molar-refractivity contribution < 1.29 is 19.1 Å². The van der Waals surface area contributed by atoms with Gasteiger partial charge in [-0.1, -0.05) is 35.9 Å². The highest BCUT2D eigenvalue weighted by molar-refractivity contribution is 6.23. The molecule has 0 saturated carbocycles. The van der Waals surface area contributed by atoms with Gasteiger partial charge in [0, 0.05) is 31.4 Å². The number of fused-ring (bicyclic) bond motifs is 1. The molecule has 0 aromatic heterocycles. The van der Waals surface area contributed by atoms with Crippen LogP contribution in [-0.4, -0.2) is 61.4 Å². The Bertz CT molecular complexity index is 1080. The summed E-state index contributed by atoms with van der Waals surface area (Å²) in [6, 6.07) is 14.5. The van der Waals surface area contributed by atoms with Crippen molar-refractivity contribution in [3.8, 4) is 0 Å². The third-order valence-corrected chi connectivity index (χ3v) is 7.21. The first-order valence-electron chi connectivity index (χ1n) is 11.7. The summed E-state index contributed by atoms with van der Waals surface area (Å²) in [6.07, 6.45) is 2.51. The fourth-order valence-corrected chi connectivity index (χ4v) is 5.61. The molecule has 0 bridgehead atoms. The number of likely N-dealkylation sites (tertiary alicyclic amines) is 1. The molecular weight excluding hydrogens is 430 g/mol. The zero-order valence-electron chi connectivity index (χ0n) is 19.3. The number of morpholine rings is 1. The van der Waals surface area contributed by atoms with Crippen molar-refractivity contribution in [3.05, 3.63) is 72.3 Å². The Morgan fingerprint density at radius 2 is 1.62 bits per heavy atom. The largest absolute Gasteiger partial charge is 0.378 e. The van der Waals surface area contributed by atoms with Gasteiger partial charge in [-0.25, -0.2) is 4.90 Å². The third kappa shape index (κ3) is 3.75. The summed E-state index contributed by atoms with van der Waals surface area (Å²) in [7, 11) is 0. The van der Waals surface area contributed by atoms with Gasteiger partial charge in [-0.3, -0.25) is 14.5 Å². The van der Waals surface area contributed by atoms with E-state index < -0.39 is 23.9 Å². The van der Waals surface area contributed by atoms with Gasteiger partial charge < -0.3 is 14.4 Å². The molecule has 0 unspecified atom stereocenters. The number of carbonyl (C=O) groups excluding carboxylic acids is 3. The van der Waals surface area contributed by atoms with Crippen LogP contribution in [0.1, 0.15) is 11.1 Å². The summed E-state index contributed by atoms with van der Waals surface area (Å²) in [4.78, 5) is 44.7. The number of carbonyl (C=O) groups is 3. The lowest BCUT2D eigenvalue weighted by Crippen LogP contribution is -2.44. The number of amides is 2. The van der Waals surface area contributed by atoms with E-state index in [1.165, 1.54) is 4.90 Å². The summed E-state index contributed by atoms with van der Waals surface area (Å²) in [5, 5.41) is 0. The fourth-order valence-electron chi connectivity index (χ4n) is 5.61. The van der Waals surface area contributed by atoms with E-state index in [4.69, 9.17) is 4.74 Å². The van der Waals surface area contributed by atoms with Crippen LogP contribution < -0.4 is 9.80 Å². The van der Waals surface area contributed by atoms with E-state index in [0.717, 1.165) is 36.2 Å². The Balaban J connectivity index is 1.41. The quantitative estimate of drug-likeness (QED) is 0.376. The van der Waals surface area contributed by atoms with E-state index in [0.29, 0.717) is 25.4 Å². The molecule has 2 aromatic rings. The molecule has 3 heterocycles. The van der Waals surface area contributed by atoms with Crippen molar-refractivity contribution in [2.45, 2.75) is 25.6 Å². The number of rotatable bonds is 6. The molecule has 0 spiro atoms. The minimum atomic E-state index is -0.711. The number of hydrogen-bond acceptors (Lipinski definition) is 6. The van der Waals surface area contributed by atoms with E-state index in [-0.39, 0.29) is 11.8 Å². The Morgan fingerprint density at radius 1 is 0.971 bits per heavy atom. The van der Waals surface area contributed by atoms with Gasteiger partial charge in [0.25, 0.3) is 0 Å². The van der Waals surface area contributed by atoms with Gasteiger partial charge in [0.05, 0.1) is 36.8 Å². The van der Waals surface area contributed by atoms with Crippen LogP contribution in [0.4, 0.5) is 11.4 Å². The Kier molecular flexibility index (Phi) is 6.06. The van der Waals surface area contributed by atoms with Crippen LogP contribution in [0.25, 0.3) is 0 Å². The molecule has 3 aliphatic rings. The van der Waals surface area contributed by atoms with Gasteiger partial charge in [0.1, 0.15) is 6.29 Å². The number of aryl methyl sites for hydroxylation is 1. The summed E-state index contributed by atoms with van der Waals surface area (Å²) < 4.78 is 5.41. The molecule has 4 atom stereocenters. The predicted octanol–water partition coefficient (Wildman–Crippen LogP) is 2.58. The molecule has 2 amide bonds. The van der Waals surface area contributed by atoms with Crippen molar-refractivity contribution >= 4 is 29.5 Å². The second-order valence-corrected chi connectivity index (χ2v) is 9.19. The molecule has 0 aliphatic carbocycles. The first kappa shape index (κ1) is 22.5. The fraction of sp³-hybridized carbons (Fsp3) is 0.370. The highest BCUT2D eigenvalue weighted by Crippen LogP contribution is 2.44. The summed E-state index contributed by atoms with van der Waals surface area (Å²) >= 11 is 0. The van der Waals surface area contributed by atoms with Crippen LogP contribution in [0, 0.1) is 18.8 Å². The summed E-state index contributed by atoms with van der Waals surface area (Å²) in [5.74, 6) is -1.91. The molecule has 176 valence electrons.